The molecule has 0 radical (unpaired) electrons. The van der Waals surface area contributed by atoms with E-state index < -0.39 is 0 Å². The van der Waals surface area contributed by atoms with Crippen LogP contribution in [0.15, 0.2) is 24.3 Å². The third-order valence-electron chi connectivity index (χ3n) is 3.07. The van der Waals surface area contributed by atoms with E-state index in [1.54, 1.807) is 24.1 Å². The van der Waals surface area contributed by atoms with E-state index in [2.05, 4.69) is 10.2 Å². The Balaban J connectivity index is 2.05. The molecule has 0 fully saturated rings. The van der Waals surface area contributed by atoms with Crippen LogP contribution in [0, 0.1) is 0 Å². The number of H-pyrrole nitrogens is 1. The van der Waals surface area contributed by atoms with E-state index >= 15 is 0 Å². The molecule has 0 saturated carbocycles. The van der Waals surface area contributed by atoms with Crippen molar-refractivity contribution in [2.45, 2.75) is 0 Å². The standard InChI is InChI=1S/C13H11N3O3/c1-16-11-4-8(10-5-9(6-17)14-15-10)2-3-12(11)19-7-13(16)18/h2-6H,7H2,1H3,(H,14,15). The van der Waals surface area contributed by atoms with Crippen molar-refractivity contribution in [3.63, 3.8) is 0 Å². The average molecular weight is 257 g/mol. The number of aldehydes is 1. The SMILES string of the molecule is CN1C(=O)COc2ccc(-c3cc(C=O)[nH]n3)cc21. The second-order valence-electron chi connectivity index (χ2n) is 4.25. The number of hydrogen-bond acceptors (Lipinski definition) is 4. The molecule has 1 aliphatic heterocycles. The molecule has 0 bridgehead atoms. The van der Waals surface area contributed by atoms with Gasteiger partial charge in [-0.3, -0.25) is 14.7 Å². The molecule has 6 nitrogen and oxygen atoms in total. The normalized spacial score (nSPS) is 13.9. The Hall–Kier alpha value is -2.63. The number of amides is 1. The van der Waals surface area contributed by atoms with Crippen LogP contribution in [-0.2, 0) is 4.79 Å². The smallest absolute Gasteiger partial charge is 0.264 e. The molecule has 1 amide bonds. The van der Waals surface area contributed by atoms with Gasteiger partial charge in [0.2, 0.25) is 0 Å². The summed E-state index contributed by atoms with van der Waals surface area (Å²) in [6, 6.07) is 7.10. The number of ether oxygens (including phenoxy) is 1. The fraction of sp³-hybridized carbons (Fsp3) is 0.154. The molecule has 96 valence electrons. The van der Waals surface area contributed by atoms with Gasteiger partial charge in [-0.25, -0.2) is 0 Å². The maximum Gasteiger partial charge on any atom is 0.264 e. The topological polar surface area (TPSA) is 75.3 Å². The van der Waals surface area contributed by atoms with Crippen LogP contribution in [0.25, 0.3) is 11.3 Å². The molecule has 2 heterocycles. The summed E-state index contributed by atoms with van der Waals surface area (Å²) in [5.74, 6) is 0.567. The van der Waals surface area contributed by atoms with Crippen molar-refractivity contribution < 1.29 is 14.3 Å². The first-order valence-electron chi connectivity index (χ1n) is 5.73. The first-order chi connectivity index (χ1) is 9.19. The van der Waals surface area contributed by atoms with Gasteiger partial charge in [0.05, 0.1) is 17.1 Å². The lowest BCUT2D eigenvalue weighted by molar-refractivity contribution is -0.120. The summed E-state index contributed by atoms with van der Waals surface area (Å²) < 4.78 is 5.35. The van der Waals surface area contributed by atoms with Gasteiger partial charge in [-0.2, -0.15) is 5.10 Å². The second kappa shape index (κ2) is 4.24. The molecule has 1 aromatic carbocycles. The fourth-order valence-corrected chi connectivity index (χ4v) is 1.98. The van der Waals surface area contributed by atoms with Crippen molar-refractivity contribution in [1.29, 1.82) is 0 Å². The Morgan fingerprint density at radius 2 is 2.26 bits per heavy atom. The van der Waals surface area contributed by atoms with Gasteiger partial charge >= 0.3 is 0 Å². The number of nitrogens with zero attached hydrogens (tertiary/aromatic N) is 2. The second-order valence-corrected chi connectivity index (χ2v) is 4.25. The average Bonchev–Trinajstić information content (AvgIpc) is 2.92. The largest absolute Gasteiger partial charge is 0.482 e. The highest BCUT2D eigenvalue weighted by molar-refractivity contribution is 5.98. The van der Waals surface area contributed by atoms with Crippen LogP contribution in [0.5, 0.6) is 5.75 Å². The number of nitrogens with one attached hydrogen (secondary N) is 1. The fourth-order valence-electron chi connectivity index (χ4n) is 1.98. The highest BCUT2D eigenvalue weighted by Crippen LogP contribution is 2.34. The van der Waals surface area contributed by atoms with Gasteiger partial charge in [-0.15, -0.1) is 0 Å². The highest BCUT2D eigenvalue weighted by Gasteiger charge is 2.22. The summed E-state index contributed by atoms with van der Waals surface area (Å²) in [7, 11) is 1.70. The lowest BCUT2D eigenvalue weighted by Gasteiger charge is -2.26. The Morgan fingerprint density at radius 1 is 1.42 bits per heavy atom. The monoisotopic (exact) mass is 257 g/mol. The molecule has 0 spiro atoms. The predicted molar refractivity (Wildman–Crippen MR) is 68.3 cm³/mol. The zero-order chi connectivity index (χ0) is 13.4. The number of carbonyl (C=O) groups is 2. The predicted octanol–water partition coefficient (Wildman–Crippen LogP) is 1.24. The van der Waals surface area contributed by atoms with Crippen LogP contribution < -0.4 is 9.64 Å². The molecule has 1 aromatic heterocycles. The van der Waals surface area contributed by atoms with Gasteiger partial charge < -0.3 is 9.64 Å². The quantitative estimate of drug-likeness (QED) is 0.821. The van der Waals surface area contributed by atoms with Gasteiger partial charge in [-0.05, 0) is 24.3 Å². The molecule has 6 heteroatoms. The van der Waals surface area contributed by atoms with Gasteiger partial charge in [0.25, 0.3) is 5.91 Å². The molecule has 19 heavy (non-hydrogen) atoms. The number of aromatic nitrogens is 2. The first kappa shape index (κ1) is 11.5. The summed E-state index contributed by atoms with van der Waals surface area (Å²) >= 11 is 0. The lowest BCUT2D eigenvalue weighted by Crippen LogP contribution is -2.35. The van der Waals surface area contributed by atoms with Crippen molar-refractivity contribution in [3.05, 3.63) is 30.0 Å². The van der Waals surface area contributed by atoms with Crippen LogP contribution in [-0.4, -0.2) is 36.0 Å². The minimum atomic E-state index is -0.0970. The number of hydrogen-bond donors (Lipinski definition) is 1. The van der Waals surface area contributed by atoms with E-state index in [0.29, 0.717) is 29.1 Å². The molecule has 1 N–H and O–H groups in total. The van der Waals surface area contributed by atoms with Crippen LogP contribution in [0.3, 0.4) is 0 Å². The molecule has 1 aliphatic rings. The number of fused-ring (bicyclic) bond motifs is 1. The number of rotatable bonds is 2. The molecular weight excluding hydrogens is 246 g/mol. The molecule has 0 saturated heterocycles. The van der Waals surface area contributed by atoms with Crippen molar-refractivity contribution >= 4 is 17.9 Å². The maximum atomic E-state index is 11.6. The number of carbonyl (C=O) groups excluding carboxylic acids is 2. The number of aromatic amines is 1. The van der Waals surface area contributed by atoms with Crippen LogP contribution in [0.2, 0.25) is 0 Å². The van der Waals surface area contributed by atoms with E-state index in [0.717, 1.165) is 5.56 Å². The Kier molecular flexibility index (Phi) is 2.56. The number of anilines is 1. The van der Waals surface area contributed by atoms with E-state index in [1.807, 2.05) is 12.1 Å². The molecule has 0 aliphatic carbocycles. The van der Waals surface area contributed by atoms with Crippen LogP contribution >= 0.6 is 0 Å². The van der Waals surface area contributed by atoms with Crippen molar-refractivity contribution in [1.82, 2.24) is 10.2 Å². The highest BCUT2D eigenvalue weighted by atomic mass is 16.5. The summed E-state index contributed by atoms with van der Waals surface area (Å²) in [6.45, 7) is 0.0561. The summed E-state index contributed by atoms with van der Waals surface area (Å²) in [5, 5.41) is 6.67. The third-order valence-corrected chi connectivity index (χ3v) is 3.07. The zero-order valence-electron chi connectivity index (χ0n) is 10.2. The number of benzene rings is 1. The Bertz CT molecular complexity index is 663. The van der Waals surface area contributed by atoms with Crippen LogP contribution in [0.4, 0.5) is 5.69 Å². The van der Waals surface area contributed by atoms with Crippen molar-refractivity contribution in [2.75, 3.05) is 18.6 Å². The summed E-state index contributed by atoms with van der Waals surface area (Å²) in [5.41, 5.74) is 2.57. The number of likely N-dealkylation sites (N-methyl/N-ethyl adjacent to an activating group) is 1. The Morgan fingerprint density at radius 3 is 3.00 bits per heavy atom. The Labute approximate surface area is 109 Å². The first-order valence-corrected chi connectivity index (χ1v) is 5.73. The van der Waals surface area contributed by atoms with E-state index in [4.69, 9.17) is 4.74 Å². The van der Waals surface area contributed by atoms with Gasteiger partial charge in [0.15, 0.2) is 12.9 Å². The van der Waals surface area contributed by atoms with Gasteiger partial charge in [0.1, 0.15) is 5.75 Å². The van der Waals surface area contributed by atoms with Gasteiger partial charge in [0, 0.05) is 12.6 Å². The summed E-state index contributed by atoms with van der Waals surface area (Å²) in [4.78, 5) is 23.8. The summed E-state index contributed by atoms with van der Waals surface area (Å²) in [6.07, 6.45) is 0.702. The lowest BCUT2D eigenvalue weighted by atomic mass is 10.1. The molecule has 0 atom stereocenters. The van der Waals surface area contributed by atoms with E-state index in [1.165, 1.54) is 0 Å². The minimum absolute atomic E-state index is 0.0561. The van der Waals surface area contributed by atoms with Crippen LogP contribution in [0.1, 0.15) is 10.5 Å². The van der Waals surface area contributed by atoms with Gasteiger partial charge in [-0.1, -0.05) is 0 Å². The van der Waals surface area contributed by atoms with E-state index in [9.17, 15) is 9.59 Å². The third kappa shape index (κ3) is 1.87. The minimum Gasteiger partial charge on any atom is -0.482 e. The molecular formula is C13H11N3O3. The maximum absolute atomic E-state index is 11.6. The molecule has 3 rings (SSSR count). The zero-order valence-corrected chi connectivity index (χ0v) is 10.2. The van der Waals surface area contributed by atoms with E-state index in [-0.39, 0.29) is 12.5 Å². The molecule has 2 aromatic rings. The van der Waals surface area contributed by atoms with Crippen molar-refractivity contribution in [3.8, 4) is 17.0 Å². The van der Waals surface area contributed by atoms with Crippen molar-refractivity contribution in [2.24, 2.45) is 0 Å². The molecule has 0 unspecified atom stereocenters.